The molecule has 0 fully saturated rings. The zero-order chi connectivity index (χ0) is 24.5. The van der Waals surface area contributed by atoms with Gasteiger partial charge in [0.25, 0.3) is 0 Å². The first-order valence-electron chi connectivity index (χ1n) is 12.9. The van der Waals surface area contributed by atoms with Crippen LogP contribution in [0.4, 0.5) is 0 Å². The minimum atomic E-state index is 0.265. The van der Waals surface area contributed by atoms with E-state index in [1.165, 1.54) is 41.5 Å². The summed E-state index contributed by atoms with van der Waals surface area (Å²) in [5.41, 5.74) is 6.28. The molecule has 0 bridgehead atoms. The monoisotopic (exact) mass is 526 g/mol. The molecule has 0 N–H and O–H groups in total. The van der Waals surface area contributed by atoms with Crippen LogP contribution in [0.5, 0.6) is 0 Å². The lowest BCUT2D eigenvalue weighted by Gasteiger charge is -2.28. The highest BCUT2D eigenvalue weighted by Crippen LogP contribution is 2.41. The van der Waals surface area contributed by atoms with E-state index < -0.39 is 0 Å². The van der Waals surface area contributed by atoms with Crippen LogP contribution in [0.15, 0.2) is 95.7 Å². The maximum absolute atomic E-state index is 4.85. The molecule has 3 aromatic carbocycles. The smallest absolute Gasteiger partial charge is 0.160 e. The predicted molar refractivity (Wildman–Crippen MR) is 151 cm³/mol. The zero-order valence-corrected chi connectivity index (χ0v) is 22.4. The zero-order valence-electron chi connectivity index (χ0n) is 20.8. The Hall–Kier alpha value is -2.78. The molecule has 1 atom stereocenters. The summed E-state index contributed by atoms with van der Waals surface area (Å²) in [6.07, 6.45) is 11.1. The van der Waals surface area contributed by atoms with E-state index in [1.807, 2.05) is 12.4 Å². The van der Waals surface area contributed by atoms with E-state index in [0.29, 0.717) is 5.92 Å². The molecule has 2 nitrogen and oxygen atoms in total. The molecule has 0 aliphatic carbocycles. The van der Waals surface area contributed by atoms with E-state index >= 15 is 0 Å². The van der Waals surface area contributed by atoms with Gasteiger partial charge >= 0.3 is 0 Å². The summed E-state index contributed by atoms with van der Waals surface area (Å²) in [7, 11) is 0. The number of aromatic nitrogens is 2. The van der Waals surface area contributed by atoms with Gasteiger partial charge in [-0.15, -0.1) is 0 Å². The van der Waals surface area contributed by atoms with Crippen LogP contribution in [0.1, 0.15) is 80.0 Å². The normalized spacial score (nSPS) is 12.1. The van der Waals surface area contributed by atoms with Gasteiger partial charge < -0.3 is 0 Å². The summed E-state index contributed by atoms with van der Waals surface area (Å²) in [4.78, 5) is 9.69. The summed E-state index contributed by atoms with van der Waals surface area (Å²) >= 11 is 3.77. The highest BCUT2D eigenvalue weighted by molar-refractivity contribution is 9.10. The number of aryl methyl sites for hydroxylation is 1. The first-order valence-corrected chi connectivity index (χ1v) is 13.7. The van der Waals surface area contributed by atoms with Gasteiger partial charge in [0.2, 0.25) is 0 Å². The largest absolute Gasteiger partial charge is 0.236 e. The molecule has 1 aromatic heterocycles. The van der Waals surface area contributed by atoms with Crippen molar-refractivity contribution in [2.45, 2.75) is 64.2 Å². The molecule has 0 spiro atoms. The third kappa shape index (κ3) is 6.46. The van der Waals surface area contributed by atoms with Gasteiger partial charge in [-0.3, -0.25) is 0 Å². The van der Waals surface area contributed by atoms with Crippen molar-refractivity contribution >= 4 is 15.9 Å². The number of halogens is 1. The van der Waals surface area contributed by atoms with Gasteiger partial charge in [0.1, 0.15) is 0 Å². The van der Waals surface area contributed by atoms with Crippen molar-refractivity contribution in [1.29, 1.82) is 0 Å². The van der Waals surface area contributed by atoms with Gasteiger partial charge in [0.15, 0.2) is 5.82 Å². The van der Waals surface area contributed by atoms with E-state index in [9.17, 15) is 0 Å². The van der Waals surface area contributed by atoms with Crippen molar-refractivity contribution < 1.29 is 0 Å². The Morgan fingerprint density at radius 1 is 0.714 bits per heavy atom. The van der Waals surface area contributed by atoms with Gasteiger partial charge in [-0.25, -0.2) is 9.97 Å². The number of hydrogen-bond acceptors (Lipinski definition) is 2. The summed E-state index contributed by atoms with van der Waals surface area (Å²) in [6, 6.07) is 28.3. The third-order valence-corrected chi connectivity index (χ3v) is 7.42. The van der Waals surface area contributed by atoms with Crippen LogP contribution in [0.25, 0.3) is 11.4 Å². The van der Waals surface area contributed by atoms with Crippen LogP contribution in [-0.4, -0.2) is 9.97 Å². The van der Waals surface area contributed by atoms with Crippen LogP contribution in [0, 0.1) is 0 Å². The molecule has 180 valence electrons. The Kier molecular flexibility index (Phi) is 9.25. The highest BCUT2D eigenvalue weighted by Gasteiger charge is 2.26. The molecule has 3 heteroatoms. The summed E-state index contributed by atoms with van der Waals surface area (Å²) in [6.45, 7) is 4.50. The van der Waals surface area contributed by atoms with E-state index in [4.69, 9.17) is 9.97 Å². The molecule has 0 radical (unpaired) electrons. The van der Waals surface area contributed by atoms with Crippen molar-refractivity contribution in [2.24, 2.45) is 0 Å². The molecule has 0 saturated carbocycles. The van der Waals surface area contributed by atoms with Gasteiger partial charge in [-0.05, 0) is 59.6 Å². The van der Waals surface area contributed by atoms with Crippen LogP contribution in [0.2, 0.25) is 0 Å². The lowest BCUT2D eigenvalue weighted by Crippen LogP contribution is -2.14. The second kappa shape index (κ2) is 12.8. The molecule has 4 rings (SSSR count). The quantitative estimate of drug-likeness (QED) is 0.182. The summed E-state index contributed by atoms with van der Waals surface area (Å²) in [5.74, 6) is 1.34. The topological polar surface area (TPSA) is 25.8 Å². The van der Waals surface area contributed by atoms with Gasteiger partial charge in [-0.2, -0.15) is 0 Å². The Labute approximate surface area is 219 Å². The van der Waals surface area contributed by atoms with Crippen molar-refractivity contribution in [2.75, 3.05) is 0 Å². The van der Waals surface area contributed by atoms with E-state index in [-0.39, 0.29) is 5.92 Å². The predicted octanol–water partition coefficient (Wildman–Crippen LogP) is 9.35. The number of unbranched alkanes of at least 4 members (excludes halogenated alkanes) is 2. The Morgan fingerprint density at radius 2 is 1.34 bits per heavy atom. The molecule has 35 heavy (non-hydrogen) atoms. The summed E-state index contributed by atoms with van der Waals surface area (Å²) < 4.78 is 1.07. The minimum Gasteiger partial charge on any atom is -0.236 e. The molecule has 0 saturated heterocycles. The van der Waals surface area contributed by atoms with E-state index in [1.54, 1.807) is 0 Å². The fraction of sp³-hybridized carbons (Fsp3) is 0.312. The van der Waals surface area contributed by atoms with E-state index in [2.05, 4.69) is 109 Å². The maximum Gasteiger partial charge on any atom is 0.160 e. The lowest BCUT2D eigenvalue weighted by atomic mass is 9.76. The number of hydrogen-bond donors (Lipinski definition) is 0. The van der Waals surface area contributed by atoms with Gasteiger partial charge in [-0.1, -0.05) is 116 Å². The average Bonchev–Trinajstić information content (AvgIpc) is 2.90. The van der Waals surface area contributed by atoms with Crippen molar-refractivity contribution in [3.63, 3.8) is 0 Å². The van der Waals surface area contributed by atoms with Crippen LogP contribution in [-0.2, 0) is 6.42 Å². The second-order valence-electron chi connectivity index (χ2n) is 9.31. The molecule has 0 amide bonds. The van der Waals surface area contributed by atoms with Gasteiger partial charge in [0.05, 0.1) is 0 Å². The Morgan fingerprint density at radius 3 is 1.89 bits per heavy atom. The Bertz CT molecular complexity index is 1130. The van der Waals surface area contributed by atoms with Gasteiger partial charge in [0, 0.05) is 28.3 Å². The van der Waals surface area contributed by atoms with E-state index in [0.717, 1.165) is 35.1 Å². The first-order chi connectivity index (χ1) is 17.2. The van der Waals surface area contributed by atoms with Crippen molar-refractivity contribution in [1.82, 2.24) is 9.97 Å². The lowest BCUT2D eigenvalue weighted by molar-refractivity contribution is 0.547. The minimum absolute atomic E-state index is 0.265. The number of rotatable bonds is 11. The molecule has 0 aliphatic heterocycles. The number of benzene rings is 3. The Balaban J connectivity index is 1.64. The molecule has 1 heterocycles. The SMILES string of the molecule is CCCCCc1ccc(-c2ncc(C(CCC)C(c3ccccc3)c3ccccc3)cn2)c(Br)c1. The van der Waals surface area contributed by atoms with Crippen LogP contribution < -0.4 is 0 Å². The standard InChI is InChI=1S/C32H35BrN2/c1-3-5-8-14-24-19-20-29(30(33)21-24)32-34-22-27(23-35-32)28(13-4-2)31(25-15-9-6-10-16-25)26-17-11-7-12-18-26/h6-7,9-12,15-23,28,31H,3-5,8,13-14H2,1-2H3. The van der Waals surface area contributed by atoms with Crippen molar-refractivity contribution in [3.05, 3.63) is 118 Å². The molecule has 1 unspecified atom stereocenters. The van der Waals surface area contributed by atoms with Crippen molar-refractivity contribution in [3.8, 4) is 11.4 Å². The summed E-state index contributed by atoms with van der Waals surface area (Å²) in [5, 5.41) is 0. The van der Waals surface area contributed by atoms with Crippen LogP contribution in [0.3, 0.4) is 0 Å². The fourth-order valence-corrected chi connectivity index (χ4v) is 5.56. The maximum atomic E-state index is 4.85. The average molecular weight is 528 g/mol. The second-order valence-corrected chi connectivity index (χ2v) is 10.2. The fourth-order valence-electron chi connectivity index (χ4n) is 4.96. The highest BCUT2D eigenvalue weighted by atomic mass is 79.9. The third-order valence-electron chi connectivity index (χ3n) is 6.76. The van der Waals surface area contributed by atoms with Crippen LogP contribution >= 0.6 is 15.9 Å². The molecule has 0 aliphatic rings. The molecular formula is C32H35BrN2. The first kappa shape index (κ1) is 25.3. The number of nitrogens with zero attached hydrogens (tertiary/aromatic N) is 2. The molecule has 4 aromatic rings. The molecular weight excluding hydrogens is 492 g/mol.